The normalized spacial score (nSPS) is 11.2. The van der Waals surface area contributed by atoms with E-state index in [0.29, 0.717) is 5.75 Å². The second-order valence-electron chi connectivity index (χ2n) is 4.44. The van der Waals surface area contributed by atoms with Crippen LogP contribution >= 0.6 is 23.1 Å². The topological polar surface area (TPSA) is 51.8 Å². The van der Waals surface area contributed by atoms with Crippen LogP contribution in [0.25, 0.3) is 10.2 Å². The Kier molecular flexibility index (Phi) is 4.32. The lowest BCUT2D eigenvalue weighted by Crippen LogP contribution is -1.86. The number of unbranched alkanes of at least 4 members (excludes halogenated alkanes) is 1. The molecule has 4 nitrogen and oxygen atoms in total. The van der Waals surface area contributed by atoms with Gasteiger partial charge in [0.2, 0.25) is 5.89 Å². The van der Waals surface area contributed by atoms with E-state index in [1.165, 1.54) is 4.70 Å². The quantitative estimate of drug-likeness (QED) is 0.635. The van der Waals surface area contributed by atoms with Gasteiger partial charge in [-0.3, -0.25) is 0 Å². The van der Waals surface area contributed by atoms with Crippen LogP contribution in [-0.2, 0) is 12.2 Å². The maximum atomic E-state index is 5.22. The summed E-state index contributed by atoms with van der Waals surface area (Å²) < 4.78 is 7.48. The molecule has 3 rings (SSSR count). The average molecular weight is 305 g/mol. The lowest BCUT2D eigenvalue weighted by Gasteiger charge is -1.90. The Balaban J connectivity index is 1.62. The number of benzene rings is 1. The zero-order valence-corrected chi connectivity index (χ0v) is 12.8. The van der Waals surface area contributed by atoms with E-state index >= 15 is 0 Å². The first-order chi connectivity index (χ1) is 9.85. The summed E-state index contributed by atoms with van der Waals surface area (Å²) >= 11 is 3.36. The van der Waals surface area contributed by atoms with Crippen molar-refractivity contribution in [2.75, 3.05) is 0 Å². The molecule has 3 aromatic rings. The Hall–Kier alpha value is -1.40. The van der Waals surface area contributed by atoms with Gasteiger partial charge in [-0.15, -0.1) is 11.3 Å². The fourth-order valence-corrected chi connectivity index (χ4v) is 3.73. The molecule has 2 heterocycles. The van der Waals surface area contributed by atoms with Crippen molar-refractivity contribution >= 4 is 33.3 Å². The molecule has 0 saturated carbocycles. The summed E-state index contributed by atoms with van der Waals surface area (Å²) in [4.78, 5) is 8.97. The summed E-state index contributed by atoms with van der Waals surface area (Å²) in [5.41, 5.74) is 1.05. The second kappa shape index (κ2) is 6.37. The predicted octanol–water partition coefficient (Wildman–Crippen LogP) is 4.31. The van der Waals surface area contributed by atoms with E-state index in [-0.39, 0.29) is 0 Å². The predicted molar refractivity (Wildman–Crippen MR) is 82.1 cm³/mol. The highest BCUT2D eigenvalue weighted by Crippen LogP contribution is 2.30. The molecule has 0 bridgehead atoms. The summed E-state index contributed by atoms with van der Waals surface area (Å²) in [6.07, 6.45) is 3.10. The third-order valence-corrected chi connectivity index (χ3v) is 5.03. The van der Waals surface area contributed by atoms with Gasteiger partial charge in [0.05, 0.1) is 16.0 Å². The van der Waals surface area contributed by atoms with Crippen LogP contribution in [0.3, 0.4) is 0 Å². The molecule has 0 radical (unpaired) electrons. The number of para-hydroxylation sites is 1. The van der Waals surface area contributed by atoms with Crippen molar-refractivity contribution in [1.29, 1.82) is 0 Å². The van der Waals surface area contributed by atoms with Gasteiger partial charge in [0, 0.05) is 6.42 Å². The van der Waals surface area contributed by atoms with E-state index in [1.54, 1.807) is 23.1 Å². The maximum Gasteiger partial charge on any atom is 0.226 e. The number of fused-ring (bicyclic) bond motifs is 1. The Bertz CT molecular complexity index is 659. The zero-order valence-electron chi connectivity index (χ0n) is 11.2. The van der Waals surface area contributed by atoms with Gasteiger partial charge in [-0.2, -0.15) is 4.98 Å². The molecule has 0 spiro atoms. The van der Waals surface area contributed by atoms with Crippen molar-refractivity contribution < 1.29 is 4.52 Å². The minimum Gasteiger partial charge on any atom is -0.339 e. The van der Waals surface area contributed by atoms with Gasteiger partial charge in [-0.05, 0) is 18.6 Å². The molecular formula is C14H15N3OS2. The first-order valence-corrected chi connectivity index (χ1v) is 8.45. The van der Waals surface area contributed by atoms with Crippen LogP contribution < -0.4 is 0 Å². The van der Waals surface area contributed by atoms with Gasteiger partial charge in [-0.25, -0.2) is 4.98 Å². The second-order valence-corrected chi connectivity index (χ2v) is 6.70. The van der Waals surface area contributed by atoms with E-state index < -0.39 is 0 Å². The van der Waals surface area contributed by atoms with E-state index in [9.17, 15) is 0 Å². The molecule has 2 aromatic heterocycles. The average Bonchev–Trinajstić information content (AvgIpc) is 3.09. The molecule has 0 aliphatic heterocycles. The van der Waals surface area contributed by atoms with Crippen LogP contribution in [-0.4, -0.2) is 15.1 Å². The molecule has 6 heteroatoms. The number of thiazole rings is 1. The number of nitrogens with zero attached hydrogens (tertiary/aromatic N) is 3. The zero-order chi connectivity index (χ0) is 13.8. The van der Waals surface area contributed by atoms with Crippen LogP contribution in [0.4, 0.5) is 0 Å². The molecule has 0 amide bonds. The van der Waals surface area contributed by atoms with Gasteiger partial charge in [0.25, 0.3) is 0 Å². The Labute approximate surface area is 125 Å². The standard InChI is InChI=1S/C14H15N3OS2/c1-2-3-8-13-16-12(17-18-13)9-19-14-15-10-6-4-5-7-11(10)20-14/h4-7H,2-3,8-9H2,1H3. The lowest BCUT2D eigenvalue weighted by molar-refractivity contribution is 0.371. The van der Waals surface area contributed by atoms with Crippen LogP contribution in [0.1, 0.15) is 31.5 Å². The third kappa shape index (κ3) is 3.19. The lowest BCUT2D eigenvalue weighted by atomic mass is 10.2. The van der Waals surface area contributed by atoms with Crippen molar-refractivity contribution in [3.8, 4) is 0 Å². The minimum atomic E-state index is 0.704. The Morgan fingerprint density at radius 2 is 2.15 bits per heavy atom. The van der Waals surface area contributed by atoms with Crippen LogP contribution in [0.5, 0.6) is 0 Å². The van der Waals surface area contributed by atoms with Gasteiger partial charge >= 0.3 is 0 Å². The summed E-state index contributed by atoms with van der Waals surface area (Å²) in [7, 11) is 0. The van der Waals surface area contributed by atoms with Crippen molar-refractivity contribution in [2.24, 2.45) is 0 Å². The highest BCUT2D eigenvalue weighted by Gasteiger charge is 2.09. The monoisotopic (exact) mass is 305 g/mol. The van der Waals surface area contributed by atoms with Crippen molar-refractivity contribution in [1.82, 2.24) is 15.1 Å². The maximum absolute atomic E-state index is 5.22. The molecule has 20 heavy (non-hydrogen) atoms. The number of hydrogen-bond acceptors (Lipinski definition) is 6. The van der Waals surface area contributed by atoms with Crippen LogP contribution in [0.2, 0.25) is 0 Å². The summed E-state index contributed by atoms with van der Waals surface area (Å²) in [6, 6.07) is 8.17. The van der Waals surface area contributed by atoms with Gasteiger partial charge in [0.15, 0.2) is 10.2 Å². The number of rotatable bonds is 6. The molecule has 0 saturated heterocycles. The Morgan fingerprint density at radius 3 is 3.00 bits per heavy atom. The molecule has 1 aromatic carbocycles. The highest BCUT2D eigenvalue weighted by atomic mass is 32.2. The SMILES string of the molecule is CCCCc1nc(CSc2nc3ccccc3s2)no1. The molecule has 0 aliphatic carbocycles. The van der Waals surface area contributed by atoms with E-state index in [2.05, 4.69) is 28.1 Å². The van der Waals surface area contributed by atoms with Crippen molar-refractivity contribution in [3.05, 3.63) is 36.0 Å². The molecule has 0 atom stereocenters. The molecule has 0 fully saturated rings. The number of hydrogen-bond donors (Lipinski definition) is 0. The molecule has 0 aliphatic rings. The largest absolute Gasteiger partial charge is 0.339 e. The van der Waals surface area contributed by atoms with E-state index in [4.69, 9.17) is 4.52 Å². The highest BCUT2D eigenvalue weighted by molar-refractivity contribution is 8.00. The van der Waals surface area contributed by atoms with Crippen molar-refractivity contribution in [3.63, 3.8) is 0 Å². The molecule has 0 N–H and O–H groups in total. The van der Waals surface area contributed by atoms with Gasteiger partial charge < -0.3 is 4.52 Å². The first-order valence-electron chi connectivity index (χ1n) is 6.65. The summed E-state index contributed by atoms with van der Waals surface area (Å²) in [5.74, 6) is 2.20. The molecule has 0 unspecified atom stereocenters. The van der Waals surface area contributed by atoms with Crippen LogP contribution in [0, 0.1) is 0 Å². The smallest absolute Gasteiger partial charge is 0.226 e. The Morgan fingerprint density at radius 1 is 1.25 bits per heavy atom. The molecular weight excluding hydrogens is 290 g/mol. The fraction of sp³-hybridized carbons (Fsp3) is 0.357. The van der Waals surface area contributed by atoms with Gasteiger partial charge in [-0.1, -0.05) is 42.4 Å². The number of aromatic nitrogens is 3. The van der Waals surface area contributed by atoms with Crippen LogP contribution in [0.15, 0.2) is 33.1 Å². The van der Waals surface area contributed by atoms with E-state index in [1.807, 2.05) is 18.2 Å². The third-order valence-electron chi connectivity index (χ3n) is 2.85. The summed E-state index contributed by atoms with van der Waals surface area (Å²) in [6.45, 7) is 2.15. The van der Waals surface area contributed by atoms with Crippen molar-refractivity contribution in [2.45, 2.75) is 36.3 Å². The van der Waals surface area contributed by atoms with E-state index in [0.717, 1.165) is 40.8 Å². The molecule has 104 valence electrons. The summed E-state index contributed by atoms with van der Waals surface area (Å²) in [5, 5.41) is 4.01. The minimum absolute atomic E-state index is 0.704. The number of thioether (sulfide) groups is 1. The fourth-order valence-electron chi connectivity index (χ4n) is 1.82. The number of aryl methyl sites for hydroxylation is 1. The van der Waals surface area contributed by atoms with Gasteiger partial charge in [0.1, 0.15) is 0 Å². The first kappa shape index (κ1) is 13.6.